The second kappa shape index (κ2) is 6.37. The Balaban J connectivity index is 1.96. The number of H-pyrrole nitrogens is 1. The summed E-state index contributed by atoms with van der Waals surface area (Å²) in [7, 11) is -2.32. The molecule has 0 saturated heterocycles. The molecular formula is C17H17N3O3S. The molecular weight excluding hydrogens is 326 g/mol. The van der Waals surface area contributed by atoms with Crippen molar-refractivity contribution in [2.75, 3.05) is 11.8 Å². The van der Waals surface area contributed by atoms with Crippen LogP contribution >= 0.6 is 0 Å². The normalized spacial score (nSPS) is 11.2. The van der Waals surface area contributed by atoms with E-state index in [-0.39, 0.29) is 4.90 Å². The fraction of sp³-hybridized carbons (Fsp3) is 0.118. The first-order valence-corrected chi connectivity index (χ1v) is 8.75. The van der Waals surface area contributed by atoms with Gasteiger partial charge in [0.25, 0.3) is 10.0 Å². The maximum Gasteiger partial charge on any atom is 0.265 e. The quantitative estimate of drug-likeness (QED) is 0.745. The number of anilines is 1. The van der Waals surface area contributed by atoms with Crippen molar-refractivity contribution >= 4 is 15.7 Å². The molecule has 0 radical (unpaired) electrons. The van der Waals surface area contributed by atoms with E-state index in [9.17, 15) is 8.42 Å². The van der Waals surface area contributed by atoms with Crippen LogP contribution in [0.15, 0.2) is 59.6 Å². The van der Waals surface area contributed by atoms with Crippen LogP contribution in [0.2, 0.25) is 0 Å². The molecule has 3 rings (SSSR count). The minimum atomic E-state index is -3.76. The van der Waals surface area contributed by atoms with E-state index in [4.69, 9.17) is 4.74 Å². The Labute approximate surface area is 140 Å². The largest absolute Gasteiger partial charge is 0.495 e. The molecule has 0 amide bonds. The predicted molar refractivity (Wildman–Crippen MR) is 92.6 cm³/mol. The first-order valence-electron chi connectivity index (χ1n) is 7.27. The minimum absolute atomic E-state index is 0.108. The van der Waals surface area contributed by atoms with Gasteiger partial charge in [0, 0.05) is 17.4 Å². The third-order valence-electron chi connectivity index (χ3n) is 3.54. The molecule has 0 aliphatic rings. The summed E-state index contributed by atoms with van der Waals surface area (Å²) in [6.07, 6.45) is 1.64. The molecule has 0 aliphatic heterocycles. The van der Waals surface area contributed by atoms with Crippen molar-refractivity contribution in [1.29, 1.82) is 0 Å². The van der Waals surface area contributed by atoms with Gasteiger partial charge in [0.15, 0.2) is 0 Å². The molecule has 6 nitrogen and oxygen atoms in total. The van der Waals surface area contributed by atoms with Crippen LogP contribution in [0.3, 0.4) is 0 Å². The van der Waals surface area contributed by atoms with Gasteiger partial charge in [-0.15, -0.1) is 0 Å². The van der Waals surface area contributed by atoms with Crippen molar-refractivity contribution in [2.45, 2.75) is 11.8 Å². The molecule has 24 heavy (non-hydrogen) atoms. The van der Waals surface area contributed by atoms with E-state index >= 15 is 0 Å². The number of rotatable bonds is 5. The number of sulfonamides is 1. The Bertz CT molecular complexity index is 951. The van der Waals surface area contributed by atoms with Crippen molar-refractivity contribution in [3.05, 3.63) is 60.3 Å². The lowest BCUT2D eigenvalue weighted by molar-refractivity contribution is 0.402. The number of aromatic amines is 1. The van der Waals surface area contributed by atoms with E-state index < -0.39 is 10.0 Å². The highest BCUT2D eigenvalue weighted by Crippen LogP contribution is 2.28. The number of benzene rings is 2. The van der Waals surface area contributed by atoms with E-state index in [0.717, 1.165) is 16.8 Å². The van der Waals surface area contributed by atoms with Gasteiger partial charge in [-0.25, -0.2) is 8.42 Å². The number of nitrogens with one attached hydrogen (secondary N) is 2. The molecule has 0 unspecified atom stereocenters. The second-order valence-corrected chi connectivity index (χ2v) is 6.96. The molecule has 2 aromatic carbocycles. The van der Waals surface area contributed by atoms with E-state index in [0.29, 0.717) is 11.4 Å². The maximum absolute atomic E-state index is 12.7. The van der Waals surface area contributed by atoms with Crippen molar-refractivity contribution in [3.63, 3.8) is 0 Å². The smallest absolute Gasteiger partial charge is 0.265 e. The first kappa shape index (κ1) is 16.1. The van der Waals surface area contributed by atoms with Crippen molar-refractivity contribution < 1.29 is 13.2 Å². The Morgan fingerprint density at radius 3 is 2.67 bits per heavy atom. The third kappa shape index (κ3) is 3.26. The highest BCUT2D eigenvalue weighted by atomic mass is 32.2. The zero-order chi connectivity index (χ0) is 17.2. The summed E-state index contributed by atoms with van der Waals surface area (Å²) in [6.45, 7) is 1.83. The summed E-state index contributed by atoms with van der Waals surface area (Å²) in [5.41, 5.74) is 2.95. The molecule has 0 aliphatic carbocycles. The molecule has 2 N–H and O–H groups in total. The van der Waals surface area contributed by atoms with Gasteiger partial charge in [-0.1, -0.05) is 18.2 Å². The van der Waals surface area contributed by atoms with E-state index in [1.807, 2.05) is 19.1 Å². The van der Waals surface area contributed by atoms with Crippen LogP contribution in [0.1, 0.15) is 5.56 Å². The Kier molecular flexibility index (Phi) is 4.26. The lowest BCUT2D eigenvalue weighted by Gasteiger charge is -2.13. The molecule has 1 aromatic heterocycles. The summed E-state index contributed by atoms with van der Waals surface area (Å²) in [4.78, 5) is 0.108. The number of ether oxygens (including phenoxy) is 1. The Morgan fingerprint density at radius 1 is 1.12 bits per heavy atom. The lowest BCUT2D eigenvalue weighted by atomic mass is 10.1. The molecule has 124 valence electrons. The zero-order valence-corrected chi connectivity index (χ0v) is 14.1. The summed E-state index contributed by atoms with van der Waals surface area (Å²) >= 11 is 0. The highest BCUT2D eigenvalue weighted by molar-refractivity contribution is 7.92. The molecule has 0 spiro atoms. The number of aryl methyl sites for hydroxylation is 1. The van der Waals surface area contributed by atoms with Crippen LogP contribution in [0.25, 0.3) is 11.3 Å². The number of hydrogen-bond donors (Lipinski definition) is 2. The van der Waals surface area contributed by atoms with Gasteiger partial charge in [0.2, 0.25) is 0 Å². The molecule has 3 aromatic rings. The topological polar surface area (TPSA) is 84.1 Å². The molecule has 0 bridgehead atoms. The standard InChI is InChI=1S/C17H17N3O3S/c1-12-6-7-16(23-2)17(10-12)24(21,22)20-14-5-3-4-13(11-14)15-8-9-18-19-15/h3-11,20H,1-2H3,(H,18,19). The van der Waals surface area contributed by atoms with Gasteiger partial charge < -0.3 is 4.74 Å². The van der Waals surface area contributed by atoms with Gasteiger partial charge in [-0.05, 0) is 42.8 Å². The van der Waals surface area contributed by atoms with Gasteiger partial charge in [0.1, 0.15) is 10.6 Å². The Hall–Kier alpha value is -2.80. The second-order valence-electron chi connectivity index (χ2n) is 5.31. The van der Waals surface area contributed by atoms with Crippen LogP contribution in [0.5, 0.6) is 5.75 Å². The SMILES string of the molecule is COc1ccc(C)cc1S(=O)(=O)Nc1cccc(-c2ccn[nH]2)c1. The molecule has 1 heterocycles. The fourth-order valence-corrected chi connectivity index (χ4v) is 3.68. The van der Waals surface area contributed by atoms with Crippen LogP contribution in [-0.2, 0) is 10.0 Å². The number of aromatic nitrogens is 2. The zero-order valence-electron chi connectivity index (χ0n) is 13.3. The number of hydrogen-bond acceptors (Lipinski definition) is 4. The van der Waals surface area contributed by atoms with Crippen LogP contribution in [0.4, 0.5) is 5.69 Å². The molecule has 7 heteroatoms. The van der Waals surface area contributed by atoms with Gasteiger partial charge in [-0.2, -0.15) is 5.10 Å². The predicted octanol–water partition coefficient (Wildman–Crippen LogP) is 3.19. The summed E-state index contributed by atoms with van der Waals surface area (Å²) < 4.78 is 33.2. The maximum atomic E-state index is 12.7. The molecule has 0 saturated carbocycles. The van der Waals surface area contributed by atoms with E-state index in [2.05, 4.69) is 14.9 Å². The monoisotopic (exact) mass is 343 g/mol. The van der Waals surface area contributed by atoms with Gasteiger partial charge >= 0.3 is 0 Å². The van der Waals surface area contributed by atoms with E-state index in [1.165, 1.54) is 7.11 Å². The van der Waals surface area contributed by atoms with Crippen LogP contribution in [-0.4, -0.2) is 25.7 Å². The minimum Gasteiger partial charge on any atom is -0.495 e. The average Bonchev–Trinajstić information content (AvgIpc) is 3.09. The Morgan fingerprint density at radius 2 is 1.96 bits per heavy atom. The van der Waals surface area contributed by atoms with Gasteiger partial charge in [0.05, 0.1) is 12.8 Å². The summed E-state index contributed by atoms with van der Waals surface area (Å²) in [6, 6.07) is 13.9. The van der Waals surface area contributed by atoms with Crippen LogP contribution < -0.4 is 9.46 Å². The van der Waals surface area contributed by atoms with Crippen molar-refractivity contribution in [3.8, 4) is 17.0 Å². The third-order valence-corrected chi connectivity index (χ3v) is 4.94. The average molecular weight is 343 g/mol. The number of methoxy groups -OCH3 is 1. The summed E-state index contributed by atoms with van der Waals surface area (Å²) in [5.74, 6) is 0.304. The van der Waals surface area contributed by atoms with Crippen molar-refractivity contribution in [2.24, 2.45) is 0 Å². The van der Waals surface area contributed by atoms with Crippen molar-refractivity contribution in [1.82, 2.24) is 10.2 Å². The highest BCUT2D eigenvalue weighted by Gasteiger charge is 2.20. The fourth-order valence-electron chi connectivity index (χ4n) is 2.37. The van der Waals surface area contributed by atoms with Crippen LogP contribution in [0, 0.1) is 6.92 Å². The molecule has 0 atom stereocenters. The number of nitrogens with zero attached hydrogens (tertiary/aromatic N) is 1. The first-order chi connectivity index (χ1) is 11.5. The summed E-state index contributed by atoms with van der Waals surface area (Å²) in [5, 5.41) is 6.76. The van der Waals surface area contributed by atoms with Gasteiger partial charge in [-0.3, -0.25) is 9.82 Å². The lowest BCUT2D eigenvalue weighted by Crippen LogP contribution is -2.14. The van der Waals surface area contributed by atoms with E-state index in [1.54, 1.807) is 42.6 Å². The molecule has 0 fully saturated rings.